The van der Waals surface area contributed by atoms with Crippen LogP contribution in [0.25, 0.3) is 10.9 Å². The number of aliphatic hydroxyl groups excluding tert-OH is 1. The summed E-state index contributed by atoms with van der Waals surface area (Å²) in [5.41, 5.74) is 7.27. The third kappa shape index (κ3) is 2.47. The Kier molecular flexibility index (Phi) is 3.44. The van der Waals surface area contributed by atoms with Crippen molar-refractivity contribution in [3.05, 3.63) is 36.0 Å². The molecule has 4 nitrogen and oxygen atoms in total. The molecule has 0 aliphatic rings. The summed E-state index contributed by atoms with van der Waals surface area (Å²) in [4.78, 5) is 11.0. The van der Waals surface area contributed by atoms with Gasteiger partial charge in [0.25, 0.3) is 0 Å². The molecule has 4 heteroatoms. The molecule has 1 heterocycles. The van der Waals surface area contributed by atoms with Gasteiger partial charge < -0.3 is 15.4 Å². The molecule has 0 saturated heterocycles. The van der Waals surface area contributed by atoms with Gasteiger partial charge in [0.15, 0.2) is 0 Å². The summed E-state index contributed by atoms with van der Waals surface area (Å²) in [5, 5.41) is 9.92. The molecule has 0 fully saturated rings. The molecular weight excluding hydrogens is 216 g/mol. The lowest BCUT2D eigenvalue weighted by Crippen LogP contribution is -2.13. The summed E-state index contributed by atoms with van der Waals surface area (Å²) in [6, 6.07) is 7.91. The fraction of sp³-hybridized carbons (Fsp3) is 0.308. The number of para-hydroxylation sites is 1. The maximum atomic E-state index is 11.0. The Hall–Kier alpha value is -1.81. The Morgan fingerprint density at radius 2 is 2.12 bits per heavy atom. The highest BCUT2D eigenvalue weighted by molar-refractivity contribution is 5.88. The zero-order chi connectivity index (χ0) is 12.3. The second-order valence-corrected chi connectivity index (χ2v) is 4.09. The molecule has 0 atom stereocenters. The summed E-state index contributed by atoms with van der Waals surface area (Å²) in [7, 11) is 0. The van der Waals surface area contributed by atoms with Gasteiger partial charge in [-0.3, -0.25) is 4.79 Å². The van der Waals surface area contributed by atoms with Gasteiger partial charge in [-0.15, -0.1) is 0 Å². The molecule has 0 saturated carbocycles. The van der Waals surface area contributed by atoms with Crippen molar-refractivity contribution < 1.29 is 9.90 Å². The van der Waals surface area contributed by atoms with Crippen LogP contribution in [0.15, 0.2) is 30.5 Å². The molecule has 0 aliphatic carbocycles. The number of nitrogens with two attached hydrogens (primary N) is 1. The van der Waals surface area contributed by atoms with Crippen LogP contribution in [0.2, 0.25) is 0 Å². The minimum atomic E-state index is -0.324. The van der Waals surface area contributed by atoms with Gasteiger partial charge in [-0.2, -0.15) is 0 Å². The third-order valence-electron chi connectivity index (χ3n) is 2.79. The van der Waals surface area contributed by atoms with Crippen LogP contribution < -0.4 is 5.73 Å². The molecule has 17 heavy (non-hydrogen) atoms. The van der Waals surface area contributed by atoms with Gasteiger partial charge in [-0.05, 0) is 18.1 Å². The van der Waals surface area contributed by atoms with Crippen molar-refractivity contribution in [1.82, 2.24) is 4.57 Å². The predicted molar refractivity (Wildman–Crippen MR) is 66.5 cm³/mol. The molecule has 0 radical (unpaired) electrons. The van der Waals surface area contributed by atoms with E-state index in [1.807, 2.05) is 30.5 Å². The summed E-state index contributed by atoms with van der Waals surface area (Å²) >= 11 is 0. The van der Waals surface area contributed by atoms with E-state index in [1.54, 1.807) is 0 Å². The average Bonchev–Trinajstić information content (AvgIpc) is 2.65. The van der Waals surface area contributed by atoms with Crippen molar-refractivity contribution >= 4 is 16.8 Å². The first-order valence-corrected chi connectivity index (χ1v) is 5.68. The summed E-state index contributed by atoms with van der Waals surface area (Å²) in [5.74, 6) is -0.324. The van der Waals surface area contributed by atoms with Crippen LogP contribution in [-0.4, -0.2) is 22.2 Å². The number of aromatic nitrogens is 1. The number of hydrogen-bond donors (Lipinski definition) is 2. The third-order valence-corrected chi connectivity index (χ3v) is 2.79. The van der Waals surface area contributed by atoms with E-state index in [9.17, 15) is 4.79 Å². The maximum absolute atomic E-state index is 11.0. The summed E-state index contributed by atoms with van der Waals surface area (Å²) < 4.78 is 2.06. The summed E-state index contributed by atoms with van der Waals surface area (Å²) in [6.07, 6.45) is 2.91. The van der Waals surface area contributed by atoms with Crippen LogP contribution >= 0.6 is 0 Å². The van der Waals surface area contributed by atoms with Crippen molar-refractivity contribution in [2.45, 2.75) is 19.4 Å². The first-order valence-electron chi connectivity index (χ1n) is 5.68. The SMILES string of the molecule is NC(=O)Cc1cn(CCCO)c2ccccc12. The number of aliphatic hydroxyl groups is 1. The Bertz CT molecular complexity index is 531. The quantitative estimate of drug-likeness (QED) is 0.809. The van der Waals surface area contributed by atoms with E-state index >= 15 is 0 Å². The number of rotatable bonds is 5. The lowest BCUT2D eigenvalue weighted by atomic mass is 10.1. The largest absolute Gasteiger partial charge is 0.396 e. The highest BCUT2D eigenvalue weighted by atomic mass is 16.3. The molecule has 0 unspecified atom stereocenters. The normalized spacial score (nSPS) is 10.9. The highest BCUT2D eigenvalue weighted by Crippen LogP contribution is 2.21. The van der Waals surface area contributed by atoms with E-state index in [-0.39, 0.29) is 18.9 Å². The number of carbonyl (C=O) groups excluding carboxylic acids is 1. The number of carbonyl (C=O) groups is 1. The molecule has 1 aromatic heterocycles. The summed E-state index contributed by atoms with van der Waals surface area (Å²) in [6.45, 7) is 0.910. The van der Waals surface area contributed by atoms with E-state index in [0.717, 1.165) is 23.0 Å². The first-order chi connectivity index (χ1) is 8.22. The van der Waals surface area contributed by atoms with Gasteiger partial charge >= 0.3 is 0 Å². The topological polar surface area (TPSA) is 68.2 Å². The second-order valence-electron chi connectivity index (χ2n) is 4.09. The van der Waals surface area contributed by atoms with Gasteiger partial charge in [-0.25, -0.2) is 0 Å². The number of benzene rings is 1. The van der Waals surface area contributed by atoms with Crippen molar-refractivity contribution in [3.8, 4) is 0 Å². The van der Waals surface area contributed by atoms with Crippen molar-refractivity contribution in [3.63, 3.8) is 0 Å². The van der Waals surface area contributed by atoms with Gasteiger partial charge in [-0.1, -0.05) is 18.2 Å². The Balaban J connectivity index is 2.42. The molecular formula is C13H16N2O2. The Labute approximate surface area is 99.7 Å². The Morgan fingerprint density at radius 3 is 2.82 bits per heavy atom. The average molecular weight is 232 g/mol. The van der Waals surface area contributed by atoms with Gasteiger partial charge in [0.05, 0.1) is 6.42 Å². The van der Waals surface area contributed by atoms with Crippen molar-refractivity contribution in [2.24, 2.45) is 5.73 Å². The zero-order valence-corrected chi connectivity index (χ0v) is 9.60. The number of fused-ring (bicyclic) bond motifs is 1. The fourth-order valence-electron chi connectivity index (χ4n) is 2.08. The van der Waals surface area contributed by atoms with Crippen LogP contribution in [0.4, 0.5) is 0 Å². The highest BCUT2D eigenvalue weighted by Gasteiger charge is 2.09. The van der Waals surface area contributed by atoms with E-state index < -0.39 is 0 Å². The van der Waals surface area contributed by atoms with Gasteiger partial charge in [0.1, 0.15) is 0 Å². The van der Waals surface area contributed by atoms with Crippen LogP contribution in [-0.2, 0) is 17.8 Å². The molecule has 3 N–H and O–H groups in total. The number of aryl methyl sites for hydroxylation is 1. The molecule has 2 rings (SSSR count). The van der Waals surface area contributed by atoms with Crippen molar-refractivity contribution in [1.29, 1.82) is 0 Å². The minimum absolute atomic E-state index is 0.164. The molecule has 0 spiro atoms. The second kappa shape index (κ2) is 5.01. The number of amides is 1. The first kappa shape index (κ1) is 11.7. The maximum Gasteiger partial charge on any atom is 0.221 e. The number of nitrogens with zero attached hydrogens (tertiary/aromatic N) is 1. The lowest BCUT2D eigenvalue weighted by Gasteiger charge is -2.02. The number of primary amides is 1. The fourth-order valence-corrected chi connectivity index (χ4v) is 2.08. The molecule has 0 bridgehead atoms. The lowest BCUT2D eigenvalue weighted by molar-refractivity contribution is -0.117. The van der Waals surface area contributed by atoms with E-state index in [1.165, 1.54) is 0 Å². The molecule has 0 aliphatic heterocycles. The van der Waals surface area contributed by atoms with E-state index in [0.29, 0.717) is 6.42 Å². The predicted octanol–water partition coefficient (Wildman–Crippen LogP) is 1.05. The standard InChI is InChI=1S/C13H16N2O2/c14-13(17)8-10-9-15(6-3-7-16)12-5-2-1-4-11(10)12/h1-2,4-5,9,16H,3,6-8H2,(H2,14,17). The van der Waals surface area contributed by atoms with Crippen LogP contribution in [0, 0.1) is 0 Å². The Morgan fingerprint density at radius 1 is 1.35 bits per heavy atom. The number of hydrogen-bond acceptors (Lipinski definition) is 2. The zero-order valence-electron chi connectivity index (χ0n) is 9.60. The van der Waals surface area contributed by atoms with E-state index in [4.69, 9.17) is 10.8 Å². The van der Waals surface area contributed by atoms with Crippen molar-refractivity contribution in [2.75, 3.05) is 6.61 Å². The molecule has 1 amide bonds. The van der Waals surface area contributed by atoms with Gasteiger partial charge in [0.2, 0.25) is 5.91 Å². The minimum Gasteiger partial charge on any atom is -0.396 e. The van der Waals surface area contributed by atoms with Gasteiger partial charge in [0, 0.05) is 30.3 Å². The molecule has 90 valence electrons. The van der Waals surface area contributed by atoms with E-state index in [2.05, 4.69) is 4.57 Å². The van der Waals surface area contributed by atoms with Crippen LogP contribution in [0.3, 0.4) is 0 Å². The smallest absolute Gasteiger partial charge is 0.221 e. The van der Waals surface area contributed by atoms with Crippen LogP contribution in [0.5, 0.6) is 0 Å². The molecule has 1 aromatic carbocycles. The van der Waals surface area contributed by atoms with Crippen LogP contribution in [0.1, 0.15) is 12.0 Å². The molecule has 2 aromatic rings. The monoisotopic (exact) mass is 232 g/mol.